The van der Waals surface area contributed by atoms with Gasteiger partial charge in [0.2, 0.25) is 0 Å². The van der Waals surface area contributed by atoms with E-state index in [4.69, 9.17) is 5.73 Å². The fraction of sp³-hybridized carbons (Fsp3) is 0.643. The Bertz CT molecular complexity index is 444. The van der Waals surface area contributed by atoms with E-state index in [1.807, 2.05) is 10.3 Å². The van der Waals surface area contributed by atoms with E-state index in [1.165, 1.54) is 11.3 Å². The first kappa shape index (κ1) is 14.3. The molecular formula is C14H23N3OS. The zero-order chi connectivity index (χ0) is 14.0. The third-order valence-electron chi connectivity index (χ3n) is 3.84. The fourth-order valence-corrected chi connectivity index (χ4v) is 3.52. The molecule has 2 rings (SSSR count). The molecule has 1 aliphatic heterocycles. The van der Waals surface area contributed by atoms with E-state index < -0.39 is 0 Å². The fourth-order valence-electron chi connectivity index (χ4n) is 2.73. The standard InChI is InChI=1S/C14H23N3OS/c1-4-11-9-16(6-7-17(11)10(2)3)14(18)13-12(15)5-8-19-13/h5,8,10-11H,4,6-7,9,15H2,1-3H3. The Morgan fingerprint density at radius 1 is 1.53 bits per heavy atom. The molecule has 0 bridgehead atoms. The Hall–Kier alpha value is -1.07. The van der Waals surface area contributed by atoms with Gasteiger partial charge in [-0.3, -0.25) is 9.69 Å². The monoisotopic (exact) mass is 281 g/mol. The highest BCUT2D eigenvalue weighted by Crippen LogP contribution is 2.23. The van der Waals surface area contributed by atoms with Crippen molar-refractivity contribution in [1.29, 1.82) is 0 Å². The highest BCUT2D eigenvalue weighted by Gasteiger charge is 2.31. The summed E-state index contributed by atoms with van der Waals surface area (Å²) in [6, 6.07) is 2.80. The van der Waals surface area contributed by atoms with Gasteiger partial charge in [0, 0.05) is 31.7 Å². The maximum absolute atomic E-state index is 12.5. The molecule has 0 spiro atoms. The molecular weight excluding hydrogens is 258 g/mol. The van der Waals surface area contributed by atoms with E-state index in [-0.39, 0.29) is 5.91 Å². The van der Waals surface area contributed by atoms with Gasteiger partial charge in [-0.2, -0.15) is 0 Å². The van der Waals surface area contributed by atoms with Crippen LogP contribution < -0.4 is 5.73 Å². The van der Waals surface area contributed by atoms with Crippen LogP contribution in [0.4, 0.5) is 5.69 Å². The van der Waals surface area contributed by atoms with Gasteiger partial charge in [-0.1, -0.05) is 6.92 Å². The van der Waals surface area contributed by atoms with Crippen LogP contribution in [0, 0.1) is 0 Å². The smallest absolute Gasteiger partial charge is 0.266 e. The normalized spacial score (nSPS) is 21.1. The summed E-state index contributed by atoms with van der Waals surface area (Å²) in [4.78, 5) is 17.6. The van der Waals surface area contributed by atoms with Crippen LogP contribution in [0.15, 0.2) is 11.4 Å². The van der Waals surface area contributed by atoms with Gasteiger partial charge in [-0.15, -0.1) is 11.3 Å². The Morgan fingerprint density at radius 2 is 2.26 bits per heavy atom. The van der Waals surface area contributed by atoms with Crippen molar-refractivity contribution in [3.05, 3.63) is 16.3 Å². The first-order valence-electron chi connectivity index (χ1n) is 6.92. The Balaban J connectivity index is 2.08. The van der Waals surface area contributed by atoms with E-state index >= 15 is 0 Å². The van der Waals surface area contributed by atoms with E-state index in [1.54, 1.807) is 6.07 Å². The maximum Gasteiger partial charge on any atom is 0.266 e. The van der Waals surface area contributed by atoms with E-state index in [0.29, 0.717) is 22.6 Å². The van der Waals surface area contributed by atoms with Gasteiger partial charge >= 0.3 is 0 Å². The Morgan fingerprint density at radius 3 is 2.79 bits per heavy atom. The predicted octanol–water partition coefficient (Wildman–Crippen LogP) is 2.28. The van der Waals surface area contributed by atoms with Crippen LogP contribution in [0.2, 0.25) is 0 Å². The maximum atomic E-state index is 12.5. The van der Waals surface area contributed by atoms with Crippen molar-refractivity contribution in [2.24, 2.45) is 0 Å². The van der Waals surface area contributed by atoms with Crippen molar-refractivity contribution in [2.45, 2.75) is 39.3 Å². The molecule has 0 aliphatic carbocycles. The molecule has 1 aromatic heterocycles. The summed E-state index contributed by atoms with van der Waals surface area (Å²) in [6.45, 7) is 9.19. The lowest BCUT2D eigenvalue weighted by atomic mass is 10.1. The molecule has 1 atom stereocenters. The average Bonchev–Trinajstić information content (AvgIpc) is 2.83. The number of nitrogen functional groups attached to an aromatic ring is 1. The van der Waals surface area contributed by atoms with Crippen LogP contribution in [0.5, 0.6) is 0 Å². The van der Waals surface area contributed by atoms with Crippen LogP contribution >= 0.6 is 11.3 Å². The molecule has 5 heteroatoms. The summed E-state index contributed by atoms with van der Waals surface area (Å²) in [5.41, 5.74) is 6.45. The lowest BCUT2D eigenvalue weighted by Gasteiger charge is -2.43. The Labute approximate surface area is 119 Å². The summed E-state index contributed by atoms with van der Waals surface area (Å²) in [5, 5.41) is 1.88. The number of rotatable bonds is 3. The molecule has 106 valence electrons. The Kier molecular flexibility index (Phi) is 4.47. The van der Waals surface area contributed by atoms with Crippen molar-refractivity contribution in [1.82, 2.24) is 9.80 Å². The number of nitrogens with two attached hydrogens (primary N) is 1. The van der Waals surface area contributed by atoms with E-state index in [2.05, 4.69) is 25.7 Å². The molecule has 1 fully saturated rings. The van der Waals surface area contributed by atoms with E-state index in [9.17, 15) is 4.79 Å². The summed E-state index contributed by atoms with van der Waals surface area (Å²) < 4.78 is 0. The average molecular weight is 281 g/mol. The lowest BCUT2D eigenvalue weighted by molar-refractivity contribution is 0.0376. The molecule has 0 radical (unpaired) electrons. The first-order valence-corrected chi connectivity index (χ1v) is 7.80. The lowest BCUT2D eigenvalue weighted by Crippen LogP contribution is -2.56. The number of carbonyl (C=O) groups is 1. The molecule has 4 nitrogen and oxygen atoms in total. The van der Waals surface area contributed by atoms with Crippen molar-refractivity contribution in [2.75, 3.05) is 25.4 Å². The van der Waals surface area contributed by atoms with Crippen LogP contribution in [-0.4, -0.2) is 47.4 Å². The van der Waals surface area contributed by atoms with E-state index in [0.717, 1.165) is 26.1 Å². The van der Waals surface area contributed by atoms with Gasteiger partial charge in [0.1, 0.15) is 4.88 Å². The SMILES string of the molecule is CCC1CN(C(=O)c2sccc2N)CCN1C(C)C. The minimum Gasteiger partial charge on any atom is -0.397 e. The van der Waals surface area contributed by atoms with Crippen molar-refractivity contribution in [3.8, 4) is 0 Å². The second-order valence-corrected chi connectivity index (χ2v) is 6.27. The third-order valence-corrected chi connectivity index (χ3v) is 4.76. The number of amides is 1. The van der Waals surface area contributed by atoms with Crippen molar-refractivity contribution < 1.29 is 4.79 Å². The molecule has 2 N–H and O–H groups in total. The van der Waals surface area contributed by atoms with Gasteiger partial charge in [0.15, 0.2) is 0 Å². The van der Waals surface area contributed by atoms with Crippen LogP contribution in [0.3, 0.4) is 0 Å². The number of piperazine rings is 1. The summed E-state index contributed by atoms with van der Waals surface area (Å²) in [6.07, 6.45) is 1.07. The van der Waals surface area contributed by atoms with Crippen LogP contribution in [0.25, 0.3) is 0 Å². The molecule has 1 unspecified atom stereocenters. The van der Waals surface area contributed by atoms with Gasteiger partial charge < -0.3 is 10.6 Å². The predicted molar refractivity (Wildman–Crippen MR) is 80.6 cm³/mol. The number of hydrogen-bond donors (Lipinski definition) is 1. The quantitative estimate of drug-likeness (QED) is 0.924. The second-order valence-electron chi connectivity index (χ2n) is 5.35. The first-order chi connectivity index (χ1) is 9.04. The summed E-state index contributed by atoms with van der Waals surface area (Å²) in [7, 11) is 0. The minimum atomic E-state index is 0.0920. The largest absolute Gasteiger partial charge is 0.397 e. The highest BCUT2D eigenvalue weighted by molar-refractivity contribution is 7.12. The van der Waals surface area contributed by atoms with Crippen LogP contribution in [-0.2, 0) is 0 Å². The summed E-state index contributed by atoms with van der Waals surface area (Å²) >= 11 is 1.44. The zero-order valence-electron chi connectivity index (χ0n) is 11.9. The number of anilines is 1. The number of thiophene rings is 1. The highest BCUT2D eigenvalue weighted by atomic mass is 32.1. The third kappa shape index (κ3) is 2.92. The zero-order valence-corrected chi connectivity index (χ0v) is 12.7. The summed E-state index contributed by atoms with van der Waals surface area (Å²) in [5.74, 6) is 0.0920. The van der Waals surface area contributed by atoms with Gasteiger partial charge in [0.25, 0.3) is 5.91 Å². The van der Waals surface area contributed by atoms with Gasteiger partial charge in [-0.25, -0.2) is 0 Å². The molecule has 2 heterocycles. The van der Waals surface area contributed by atoms with Crippen molar-refractivity contribution in [3.63, 3.8) is 0 Å². The molecule has 19 heavy (non-hydrogen) atoms. The van der Waals surface area contributed by atoms with Crippen molar-refractivity contribution >= 4 is 22.9 Å². The number of hydrogen-bond acceptors (Lipinski definition) is 4. The molecule has 1 amide bonds. The molecule has 0 aromatic carbocycles. The number of nitrogens with zero attached hydrogens (tertiary/aromatic N) is 2. The van der Waals surface area contributed by atoms with Gasteiger partial charge in [0.05, 0.1) is 5.69 Å². The number of carbonyl (C=O) groups excluding carboxylic acids is 1. The molecule has 1 aromatic rings. The van der Waals surface area contributed by atoms with Gasteiger partial charge in [-0.05, 0) is 31.7 Å². The molecule has 0 saturated carbocycles. The molecule has 1 saturated heterocycles. The molecule has 1 aliphatic rings. The minimum absolute atomic E-state index is 0.0920. The van der Waals surface area contributed by atoms with Crippen LogP contribution in [0.1, 0.15) is 36.9 Å². The second kappa shape index (κ2) is 5.92. The topological polar surface area (TPSA) is 49.6 Å².